The van der Waals surface area contributed by atoms with E-state index in [2.05, 4.69) is 43.8 Å². The fourth-order valence-corrected chi connectivity index (χ4v) is 2.68. The van der Waals surface area contributed by atoms with Crippen molar-refractivity contribution < 1.29 is 0 Å². The first-order chi connectivity index (χ1) is 10.7. The largest absolute Gasteiger partial charge is 0.369 e. The average molecular weight is 299 g/mol. The van der Waals surface area contributed by atoms with Crippen molar-refractivity contribution in [1.29, 1.82) is 0 Å². The maximum absolute atomic E-state index is 5.61. The Balaban J connectivity index is 1.75. The molecule has 1 aromatic carbocycles. The lowest BCUT2D eigenvalue weighted by molar-refractivity contribution is 0.271. The Hall–Kier alpha value is -2.41. The van der Waals surface area contributed by atoms with Gasteiger partial charge in [-0.1, -0.05) is 6.92 Å². The molecule has 7 heteroatoms. The first kappa shape index (κ1) is 14.5. The van der Waals surface area contributed by atoms with Gasteiger partial charge in [0.1, 0.15) is 0 Å². The number of piperazine rings is 1. The summed E-state index contributed by atoms with van der Waals surface area (Å²) in [5.74, 6) is 0.789. The van der Waals surface area contributed by atoms with E-state index in [4.69, 9.17) is 11.5 Å². The second-order valence-electron chi connectivity index (χ2n) is 5.34. The number of nitrogens with two attached hydrogens (primary N) is 2. The number of nitrogens with zero attached hydrogens (tertiary/aromatic N) is 5. The molecular weight excluding hydrogens is 278 g/mol. The van der Waals surface area contributed by atoms with Crippen LogP contribution in [0.4, 0.5) is 17.6 Å². The third kappa shape index (κ3) is 3.09. The summed E-state index contributed by atoms with van der Waals surface area (Å²) < 4.78 is 0. The summed E-state index contributed by atoms with van der Waals surface area (Å²) in [6, 6.07) is 8.17. The highest BCUT2D eigenvalue weighted by molar-refractivity contribution is 5.62. The van der Waals surface area contributed by atoms with Crippen LogP contribution in [0.15, 0.2) is 24.3 Å². The number of likely N-dealkylation sites (N-methyl/N-ethyl adjacent to an activating group) is 1. The Morgan fingerprint density at radius 2 is 1.50 bits per heavy atom. The van der Waals surface area contributed by atoms with Crippen molar-refractivity contribution in [3.63, 3.8) is 0 Å². The van der Waals surface area contributed by atoms with Gasteiger partial charge in [-0.15, -0.1) is 0 Å². The molecule has 1 aromatic heterocycles. The summed E-state index contributed by atoms with van der Waals surface area (Å²) in [4.78, 5) is 16.9. The predicted octanol–water partition coefficient (Wildman–Crippen LogP) is 0.845. The summed E-state index contributed by atoms with van der Waals surface area (Å²) in [7, 11) is 0. The zero-order chi connectivity index (χ0) is 15.5. The van der Waals surface area contributed by atoms with Gasteiger partial charge in [-0.2, -0.15) is 15.0 Å². The topological polar surface area (TPSA) is 97.2 Å². The molecule has 1 saturated heterocycles. The molecule has 4 N–H and O–H groups in total. The Bertz CT molecular complexity index is 613. The molecule has 0 atom stereocenters. The van der Waals surface area contributed by atoms with E-state index in [1.165, 1.54) is 5.69 Å². The number of rotatable bonds is 3. The van der Waals surface area contributed by atoms with Crippen molar-refractivity contribution in [3.8, 4) is 11.4 Å². The van der Waals surface area contributed by atoms with Crippen LogP contribution < -0.4 is 16.4 Å². The Labute approximate surface area is 130 Å². The molecule has 1 aliphatic heterocycles. The van der Waals surface area contributed by atoms with Crippen molar-refractivity contribution in [1.82, 2.24) is 19.9 Å². The predicted molar refractivity (Wildman–Crippen MR) is 88.4 cm³/mol. The van der Waals surface area contributed by atoms with Crippen LogP contribution in [0, 0.1) is 0 Å². The second kappa shape index (κ2) is 6.15. The first-order valence-corrected chi connectivity index (χ1v) is 7.50. The molecule has 0 bridgehead atoms. The van der Waals surface area contributed by atoms with Crippen LogP contribution in [0.3, 0.4) is 0 Å². The summed E-state index contributed by atoms with van der Waals surface area (Å²) in [5, 5.41) is 0. The molecule has 7 nitrogen and oxygen atoms in total. The molecule has 3 rings (SSSR count). The van der Waals surface area contributed by atoms with Gasteiger partial charge in [-0.25, -0.2) is 0 Å². The highest BCUT2D eigenvalue weighted by Crippen LogP contribution is 2.22. The standard InChI is InChI=1S/C15H21N7/c1-2-21-7-9-22(10-8-21)12-5-3-11(4-6-12)13-18-14(16)20-15(17)19-13/h3-6H,2,7-10H2,1H3,(H4,16,17,18,19,20). The molecule has 0 spiro atoms. The molecule has 0 radical (unpaired) electrons. The van der Waals surface area contributed by atoms with Crippen molar-refractivity contribution in [3.05, 3.63) is 24.3 Å². The molecular formula is C15H21N7. The smallest absolute Gasteiger partial charge is 0.225 e. The third-order valence-corrected chi connectivity index (χ3v) is 3.98. The van der Waals surface area contributed by atoms with Crippen molar-refractivity contribution in [2.24, 2.45) is 0 Å². The van der Waals surface area contributed by atoms with E-state index in [1.807, 2.05) is 12.1 Å². The molecule has 0 aliphatic carbocycles. The van der Waals surface area contributed by atoms with Crippen LogP contribution in [0.2, 0.25) is 0 Å². The van der Waals surface area contributed by atoms with Gasteiger partial charge < -0.3 is 21.3 Å². The number of hydrogen-bond donors (Lipinski definition) is 2. The molecule has 22 heavy (non-hydrogen) atoms. The van der Waals surface area contributed by atoms with Gasteiger partial charge in [0.15, 0.2) is 5.82 Å². The number of benzene rings is 1. The van der Waals surface area contributed by atoms with E-state index in [1.54, 1.807) is 0 Å². The lowest BCUT2D eigenvalue weighted by Gasteiger charge is -2.35. The summed E-state index contributed by atoms with van der Waals surface area (Å²) >= 11 is 0. The summed E-state index contributed by atoms with van der Waals surface area (Å²) in [6.45, 7) is 7.65. The van der Waals surface area contributed by atoms with Crippen LogP contribution in [0.1, 0.15) is 6.92 Å². The first-order valence-electron chi connectivity index (χ1n) is 7.50. The van der Waals surface area contributed by atoms with Gasteiger partial charge in [0.05, 0.1) is 0 Å². The van der Waals surface area contributed by atoms with Gasteiger partial charge >= 0.3 is 0 Å². The van der Waals surface area contributed by atoms with Crippen LogP contribution >= 0.6 is 0 Å². The second-order valence-corrected chi connectivity index (χ2v) is 5.34. The molecule has 116 valence electrons. The third-order valence-electron chi connectivity index (χ3n) is 3.98. The van der Waals surface area contributed by atoms with Crippen molar-refractivity contribution in [2.75, 3.05) is 49.1 Å². The van der Waals surface area contributed by atoms with Crippen molar-refractivity contribution >= 4 is 17.6 Å². The van der Waals surface area contributed by atoms with E-state index >= 15 is 0 Å². The Morgan fingerprint density at radius 3 is 2.05 bits per heavy atom. The van der Waals surface area contributed by atoms with Crippen LogP contribution in [0.5, 0.6) is 0 Å². The lowest BCUT2D eigenvalue weighted by atomic mass is 10.1. The fourth-order valence-electron chi connectivity index (χ4n) is 2.68. The van der Waals surface area contributed by atoms with Crippen molar-refractivity contribution in [2.45, 2.75) is 6.92 Å². The number of aromatic nitrogens is 3. The van der Waals surface area contributed by atoms with Gasteiger partial charge in [0.2, 0.25) is 11.9 Å². The van der Waals surface area contributed by atoms with E-state index in [0.29, 0.717) is 5.82 Å². The lowest BCUT2D eigenvalue weighted by Crippen LogP contribution is -2.46. The monoisotopic (exact) mass is 299 g/mol. The minimum atomic E-state index is 0.141. The SMILES string of the molecule is CCN1CCN(c2ccc(-c3nc(N)nc(N)n3)cc2)CC1. The Kier molecular flexibility index (Phi) is 4.06. The molecule has 2 aromatic rings. The molecule has 2 heterocycles. The van der Waals surface area contributed by atoms with E-state index in [9.17, 15) is 0 Å². The molecule has 0 amide bonds. The summed E-state index contributed by atoms with van der Waals surface area (Å²) in [6.07, 6.45) is 0. The summed E-state index contributed by atoms with van der Waals surface area (Å²) in [5.41, 5.74) is 13.3. The number of hydrogen-bond acceptors (Lipinski definition) is 7. The average Bonchev–Trinajstić information content (AvgIpc) is 2.54. The van der Waals surface area contributed by atoms with Crippen LogP contribution in [-0.4, -0.2) is 52.6 Å². The highest BCUT2D eigenvalue weighted by Gasteiger charge is 2.16. The van der Waals surface area contributed by atoms with Crippen LogP contribution in [-0.2, 0) is 0 Å². The van der Waals surface area contributed by atoms with Gasteiger partial charge in [-0.05, 0) is 30.8 Å². The molecule has 1 aliphatic rings. The van der Waals surface area contributed by atoms with Gasteiger partial charge in [0, 0.05) is 37.4 Å². The number of nitrogen functional groups attached to an aromatic ring is 2. The van der Waals surface area contributed by atoms with E-state index < -0.39 is 0 Å². The van der Waals surface area contributed by atoms with Gasteiger partial charge in [0.25, 0.3) is 0 Å². The maximum Gasteiger partial charge on any atom is 0.225 e. The number of anilines is 3. The van der Waals surface area contributed by atoms with Crippen LogP contribution in [0.25, 0.3) is 11.4 Å². The van der Waals surface area contributed by atoms with E-state index in [0.717, 1.165) is 38.3 Å². The molecule has 0 saturated carbocycles. The zero-order valence-electron chi connectivity index (χ0n) is 12.7. The zero-order valence-corrected chi connectivity index (χ0v) is 12.7. The normalized spacial score (nSPS) is 16.0. The quantitative estimate of drug-likeness (QED) is 0.867. The minimum absolute atomic E-state index is 0.141. The fraction of sp³-hybridized carbons (Fsp3) is 0.400. The minimum Gasteiger partial charge on any atom is -0.369 e. The molecule has 1 fully saturated rings. The van der Waals surface area contributed by atoms with E-state index in [-0.39, 0.29) is 11.9 Å². The van der Waals surface area contributed by atoms with Gasteiger partial charge in [-0.3, -0.25) is 0 Å². The maximum atomic E-state index is 5.61. The highest BCUT2D eigenvalue weighted by atomic mass is 15.3. The molecule has 0 unspecified atom stereocenters. The Morgan fingerprint density at radius 1 is 0.909 bits per heavy atom.